The van der Waals surface area contributed by atoms with Crippen LogP contribution in [0.2, 0.25) is 0 Å². The van der Waals surface area contributed by atoms with Gasteiger partial charge in [-0.15, -0.1) is 6.42 Å². The molecule has 1 aromatic carbocycles. The van der Waals surface area contributed by atoms with E-state index in [4.69, 9.17) is 15.9 Å². The van der Waals surface area contributed by atoms with Gasteiger partial charge in [-0.1, -0.05) is 12.0 Å². The number of hydrogen-bond acceptors (Lipinski definition) is 4. The lowest BCUT2D eigenvalue weighted by molar-refractivity contribution is -0.114. The van der Waals surface area contributed by atoms with Crippen molar-refractivity contribution in [2.45, 2.75) is 32.0 Å². The van der Waals surface area contributed by atoms with E-state index in [0.717, 1.165) is 44.1 Å². The second kappa shape index (κ2) is 10.1. The average Bonchev–Trinajstić information content (AvgIpc) is 3.26. The Balaban J connectivity index is 1.59. The normalized spacial score (nSPS) is 22.6. The monoisotopic (exact) mass is 384 g/mol. The Hall–Kier alpha value is -2.56. The van der Waals surface area contributed by atoms with Crippen molar-refractivity contribution in [1.82, 2.24) is 10.2 Å². The first-order valence-corrected chi connectivity index (χ1v) is 9.82. The van der Waals surface area contributed by atoms with E-state index in [2.05, 4.69) is 26.4 Å². The van der Waals surface area contributed by atoms with Gasteiger partial charge in [-0.2, -0.15) is 0 Å². The molecular formula is C21H28N4O3. The van der Waals surface area contributed by atoms with E-state index < -0.39 is 0 Å². The minimum absolute atomic E-state index is 0.0323. The molecule has 0 aromatic heterocycles. The Morgan fingerprint density at radius 1 is 1.36 bits per heavy atom. The van der Waals surface area contributed by atoms with Crippen molar-refractivity contribution in [3.8, 4) is 12.3 Å². The van der Waals surface area contributed by atoms with Crippen LogP contribution in [0.5, 0.6) is 0 Å². The van der Waals surface area contributed by atoms with Crippen LogP contribution in [0.1, 0.15) is 25.3 Å². The zero-order valence-corrected chi connectivity index (χ0v) is 16.3. The van der Waals surface area contributed by atoms with Gasteiger partial charge < -0.3 is 25.0 Å². The summed E-state index contributed by atoms with van der Waals surface area (Å²) >= 11 is 0. The Morgan fingerprint density at radius 3 is 2.96 bits per heavy atom. The molecule has 0 bridgehead atoms. The summed E-state index contributed by atoms with van der Waals surface area (Å²) in [5.74, 6) is 3.10. The van der Waals surface area contributed by atoms with Gasteiger partial charge in [0.1, 0.15) is 12.6 Å². The molecule has 150 valence electrons. The van der Waals surface area contributed by atoms with Gasteiger partial charge >= 0.3 is 0 Å². The van der Waals surface area contributed by atoms with E-state index in [0.29, 0.717) is 18.8 Å². The summed E-state index contributed by atoms with van der Waals surface area (Å²) in [5.41, 5.74) is 1.40. The maximum atomic E-state index is 12.3. The molecule has 7 heteroatoms. The molecule has 0 aliphatic carbocycles. The minimum Gasteiger partial charge on any atom is -0.375 e. The molecule has 0 spiro atoms. The first-order valence-electron chi connectivity index (χ1n) is 9.82. The van der Waals surface area contributed by atoms with Crippen molar-refractivity contribution in [2.24, 2.45) is 4.99 Å². The van der Waals surface area contributed by atoms with Gasteiger partial charge in [0.15, 0.2) is 5.96 Å². The van der Waals surface area contributed by atoms with E-state index in [1.54, 1.807) is 6.07 Å². The number of morpholine rings is 1. The van der Waals surface area contributed by atoms with Gasteiger partial charge in [-0.25, -0.2) is 4.99 Å². The highest BCUT2D eigenvalue weighted by Crippen LogP contribution is 2.21. The second-order valence-corrected chi connectivity index (χ2v) is 6.85. The number of hydrogen-bond donors (Lipinski definition) is 2. The molecule has 2 N–H and O–H groups in total. The van der Waals surface area contributed by atoms with Crippen LogP contribution in [0.3, 0.4) is 0 Å². The number of nitrogens with zero attached hydrogens (tertiary/aromatic N) is 2. The van der Waals surface area contributed by atoms with E-state index in [9.17, 15) is 4.79 Å². The molecule has 2 atom stereocenters. The lowest BCUT2D eigenvalue weighted by Crippen LogP contribution is -2.53. The maximum Gasteiger partial charge on any atom is 0.246 e. The first-order chi connectivity index (χ1) is 13.7. The number of rotatable bonds is 5. The molecule has 2 aliphatic heterocycles. The molecule has 3 rings (SSSR count). The van der Waals surface area contributed by atoms with Crippen LogP contribution in [0, 0.1) is 12.3 Å². The fraction of sp³-hybridized carbons (Fsp3) is 0.524. The van der Waals surface area contributed by atoms with Crippen LogP contribution >= 0.6 is 0 Å². The summed E-state index contributed by atoms with van der Waals surface area (Å²) in [6.45, 7) is 5.65. The Morgan fingerprint density at radius 2 is 2.21 bits per heavy atom. The fourth-order valence-electron chi connectivity index (χ4n) is 3.45. The van der Waals surface area contributed by atoms with Gasteiger partial charge in [0.2, 0.25) is 5.91 Å². The number of aliphatic imine (C=N–C) groups is 1. The smallest absolute Gasteiger partial charge is 0.246 e. The Labute approximate surface area is 166 Å². The summed E-state index contributed by atoms with van der Waals surface area (Å²) in [6, 6.07) is 7.21. The third-order valence-corrected chi connectivity index (χ3v) is 4.79. The highest BCUT2D eigenvalue weighted by atomic mass is 16.5. The number of ether oxygens (including phenoxy) is 2. The second-order valence-electron chi connectivity index (χ2n) is 6.85. The van der Waals surface area contributed by atoms with Gasteiger partial charge in [-0.05, 0) is 38.0 Å². The Kier molecular flexibility index (Phi) is 7.29. The minimum atomic E-state index is -0.187. The molecule has 7 nitrogen and oxygen atoms in total. The summed E-state index contributed by atoms with van der Waals surface area (Å²) in [5, 5.41) is 6.11. The van der Waals surface area contributed by atoms with Crippen LogP contribution in [-0.4, -0.2) is 68.4 Å². The SMILES string of the molecule is C#Cc1cccc(NC(=O)CN=C(NCC)N2CCOC(C3CCCO3)C2)c1. The van der Waals surface area contributed by atoms with E-state index in [1.807, 2.05) is 25.1 Å². The summed E-state index contributed by atoms with van der Waals surface area (Å²) < 4.78 is 11.7. The number of anilines is 1. The molecule has 2 fully saturated rings. The molecular weight excluding hydrogens is 356 g/mol. The van der Waals surface area contributed by atoms with Crippen molar-refractivity contribution >= 4 is 17.6 Å². The number of carbonyl (C=O) groups excluding carboxylic acids is 1. The third kappa shape index (κ3) is 5.47. The summed E-state index contributed by atoms with van der Waals surface area (Å²) in [4.78, 5) is 19.0. The number of guanidine groups is 1. The first kappa shape index (κ1) is 20.2. The average molecular weight is 384 g/mol. The molecule has 1 aromatic rings. The van der Waals surface area contributed by atoms with Gasteiger partial charge in [0.25, 0.3) is 0 Å². The quantitative estimate of drug-likeness (QED) is 0.457. The number of nitrogens with one attached hydrogen (secondary N) is 2. The van der Waals surface area contributed by atoms with Crippen LogP contribution in [0.15, 0.2) is 29.3 Å². The van der Waals surface area contributed by atoms with Gasteiger partial charge in [0, 0.05) is 37.5 Å². The molecule has 2 unspecified atom stereocenters. The van der Waals surface area contributed by atoms with E-state index >= 15 is 0 Å². The van der Waals surface area contributed by atoms with Crippen LogP contribution in [0.4, 0.5) is 5.69 Å². The fourth-order valence-corrected chi connectivity index (χ4v) is 3.45. The van der Waals surface area contributed by atoms with E-state index in [-0.39, 0.29) is 24.7 Å². The van der Waals surface area contributed by atoms with Crippen LogP contribution in [-0.2, 0) is 14.3 Å². The van der Waals surface area contributed by atoms with Crippen LogP contribution in [0.25, 0.3) is 0 Å². The predicted octanol–water partition coefficient (Wildman–Crippen LogP) is 1.45. The van der Waals surface area contributed by atoms with Crippen molar-refractivity contribution in [2.75, 3.05) is 44.7 Å². The maximum absolute atomic E-state index is 12.3. The number of benzene rings is 1. The molecule has 2 saturated heterocycles. The summed E-state index contributed by atoms with van der Waals surface area (Å²) in [7, 11) is 0. The molecule has 28 heavy (non-hydrogen) atoms. The van der Waals surface area contributed by atoms with Gasteiger partial charge in [-0.3, -0.25) is 4.79 Å². The predicted molar refractivity (Wildman–Crippen MR) is 109 cm³/mol. The van der Waals surface area contributed by atoms with Crippen molar-refractivity contribution < 1.29 is 14.3 Å². The standard InChI is InChI=1S/C21H28N4O3/c1-3-16-7-5-8-17(13-16)24-20(26)14-23-21(22-4-2)25-10-12-28-19(15-25)18-9-6-11-27-18/h1,5,7-8,13,18-19H,4,6,9-12,14-15H2,2H3,(H,22,23)(H,24,26). The largest absolute Gasteiger partial charge is 0.375 e. The summed E-state index contributed by atoms with van der Waals surface area (Å²) in [6.07, 6.45) is 7.71. The molecule has 2 heterocycles. The molecule has 2 aliphatic rings. The lowest BCUT2D eigenvalue weighted by Gasteiger charge is -2.37. The highest BCUT2D eigenvalue weighted by molar-refractivity contribution is 5.94. The van der Waals surface area contributed by atoms with E-state index in [1.165, 1.54) is 0 Å². The van der Waals surface area contributed by atoms with Gasteiger partial charge in [0.05, 0.1) is 12.7 Å². The Bertz CT molecular complexity index is 737. The number of carbonyl (C=O) groups is 1. The topological polar surface area (TPSA) is 75.2 Å². The van der Waals surface area contributed by atoms with Crippen molar-refractivity contribution in [1.29, 1.82) is 0 Å². The molecule has 0 radical (unpaired) electrons. The lowest BCUT2D eigenvalue weighted by atomic mass is 10.1. The highest BCUT2D eigenvalue weighted by Gasteiger charge is 2.32. The van der Waals surface area contributed by atoms with Crippen molar-refractivity contribution in [3.05, 3.63) is 29.8 Å². The molecule has 0 saturated carbocycles. The molecule has 1 amide bonds. The van der Waals surface area contributed by atoms with Crippen LogP contribution < -0.4 is 10.6 Å². The number of amides is 1. The number of terminal acetylenes is 1. The van der Waals surface area contributed by atoms with Crippen molar-refractivity contribution in [3.63, 3.8) is 0 Å². The zero-order valence-electron chi connectivity index (χ0n) is 16.3. The zero-order chi connectivity index (χ0) is 19.8. The third-order valence-electron chi connectivity index (χ3n) is 4.79.